The summed E-state index contributed by atoms with van der Waals surface area (Å²) in [6.07, 6.45) is 0.948. The number of para-hydroxylation sites is 2. The van der Waals surface area contributed by atoms with Crippen molar-refractivity contribution in [1.82, 2.24) is 0 Å². The number of hydrogen-bond donors (Lipinski definition) is 1. The predicted octanol–water partition coefficient (Wildman–Crippen LogP) is 2.65. The standard InChI is InChI=1S/C14H24N2O/c1-5-17-13-9-7-6-8-12(13)16(4)11-10-14(2,3)15/h6-9H,5,10-11,15H2,1-4H3. The first-order valence-corrected chi connectivity index (χ1v) is 6.16. The molecule has 0 atom stereocenters. The maximum atomic E-state index is 6.00. The van der Waals surface area contributed by atoms with E-state index >= 15 is 0 Å². The number of rotatable bonds is 6. The molecule has 0 saturated heterocycles. The zero-order valence-electron chi connectivity index (χ0n) is 11.4. The van der Waals surface area contributed by atoms with Gasteiger partial charge in [-0.3, -0.25) is 0 Å². The van der Waals surface area contributed by atoms with Crippen LogP contribution in [-0.4, -0.2) is 25.7 Å². The first-order valence-electron chi connectivity index (χ1n) is 6.16. The lowest BCUT2D eigenvalue weighted by Gasteiger charge is -2.26. The van der Waals surface area contributed by atoms with Crippen molar-refractivity contribution < 1.29 is 4.74 Å². The molecule has 0 bridgehead atoms. The molecule has 1 rings (SSSR count). The number of benzene rings is 1. The van der Waals surface area contributed by atoms with E-state index in [1.165, 1.54) is 0 Å². The quantitative estimate of drug-likeness (QED) is 0.825. The average Bonchev–Trinajstić information content (AvgIpc) is 2.26. The van der Waals surface area contributed by atoms with Crippen LogP contribution in [0.3, 0.4) is 0 Å². The molecule has 3 heteroatoms. The molecule has 17 heavy (non-hydrogen) atoms. The first-order chi connectivity index (χ1) is 7.94. The molecule has 2 N–H and O–H groups in total. The third-order valence-corrected chi connectivity index (χ3v) is 2.67. The fourth-order valence-corrected chi connectivity index (χ4v) is 1.63. The number of anilines is 1. The highest BCUT2D eigenvalue weighted by molar-refractivity contribution is 5.57. The van der Waals surface area contributed by atoms with Crippen LogP contribution in [-0.2, 0) is 0 Å². The van der Waals surface area contributed by atoms with E-state index in [2.05, 4.69) is 31.9 Å². The van der Waals surface area contributed by atoms with Crippen LogP contribution in [0.2, 0.25) is 0 Å². The van der Waals surface area contributed by atoms with E-state index in [9.17, 15) is 0 Å². The monoisotopic (exact) mass is 236 g/mol. The van der Waals surface area contributed by atoms with Crippen LogP contribution >= 0.6 is 0 Å². The highest BCUT2D eigenvalue weighted by Gasteiger charge is 2.13. The minimum absolute atomic E-state index is 0.130. The zero-order valence-corrected chi connectivity index (χ0v) is 11.4. The van der Waals surface area contributed by atoms with Gasteiger partial charge in [-0.2, -0.15) is 0 Å². The van der Waals surface area contributed by atoms with Gasteiger partial charge < -0.3 is 15.4 Å². The molecule has 1 aromatic rings. The fourth-order valence-electron chi connectivity index (χ4n) is 1.63. The van der Waals surface area contributed by atoms with Gasteiger partial charge in [0.2, 0.25) is 0 Å². The first kappa shape index (κ1) is 13.8. The van der Waals surface area contributed by atoms with Crippen LogP contribution in [0, 0.1) is 0 Å². The molecule has 0 unspecified atom stereocenters. The van der Waals surface area contributed by atoms with Crippen LogP contribution < -0.4 is 15.4 Å². The molecule has 0 aliphatic rings. The van der Waals surface area contributed by atoms with Crippen molar-refractivity contribution in [2.24, 2.45) is 5.73 Å². The lowest BCUT2D eigenvalue weighted by atomic mass is 10.0. The Labute approximate surface area is 105 Å². The normalized spacial score (nSPS) is 11.4. The van der Waals surface area contributed by atoms with Gasteiger partial charge in [-0.15, -0.1) is 0 Å². The highest BCUT2D eigenvalue weighted by atomic mass is 16.5. The smallest absolute Gasteiger partial charge is 0.142 e. The van der Waals surface area contributed by atoms with E-state index in [-0.39, 0.29) is 5.54 Å². The van der Waals surface area contributed by atoms with Gasteiger partial charge in [-0.25, -0.2) is 0 Å². The molecule has 96 valence electrons. The SMILES string of the molecule is CCOc1ccccc1N(C)CCC(C)(C)N. The molecule has 0 spiro atoms. The molecule has 3 nitrogen and oxygen atoms in total. The summed E-state index contributed by atoms with van der Waals surface area (Å²) in [6, 6.07) is 8.11. The Kier molecular flexibility index (Phi) is 4.82. The molecular formula is C14H24N2O. The molecular weight excluding hydrogens is 212 g/mol. The Morgan fingerprint density at radius 1 is 1.29 bits per heavy atom. The van der Waals surface area contributed by atoms with Crippen molar-refractivity contribution in [3.05, 3.63) is 24.3 Å². The lowest BCUT2D eigenvalue weighted by Crippen LogP contribution is -2.36. The van der Waals surface area contributed by atoms with Gasteiger partial charge in [0, 0.05) is 19.1 Å². The molecule has 0 heterocycles. The van der Waals surface area contributed by atoms with E-state index in [0.29, 0.717) is 6.61 Å². The summed E-state index contributed by atoms with van der Waals surface area (Å²) < 4.78 is 5.62. The zero-order chi connectivity index (χ0) is 12.9. The van der Waals surface area contributed by atoms with Gasteiger partial charge in [0.05, 0.1) is 12.3 Å². The van der Waals surface area contributed by atoms with Gasteiger partial charge >= 0.3 is 0 Å². The topological polar surface area (TPSA) is 38.5 Å². The molecule has 0 aliphatic heterocycles. The Morgan fingerprint density at radius 2 is 1.94 bits per heavy atom. The van der Waals surface area contributed by atoms with Gasteiger partial charge in [0.1, 0.15) is 5.75 Å². The van der Waals surface area contributed by atoms with Crippen LogP contribution in [0.25, 0.3) is 0 Å². The summed E-state index contributed by atoms with van der Waals surface area (Å²) in [6.45, 7) is 7.71. The third kappa shape index (κ3) is 4.65. The highest BCUT2D eigenvalue weighted by Crippen LogP contribution is 2.27. The summed E-state index contributed by atoms with van der Waals surface area (Å²) >= 11 is 0. The Balaban J connectivity index is 2.70. The molecule has 0 radical (unpaired) electrons. The third-order valence-electron chi connectivity index (χ3n) is 2.67. The second-order valence-corrected chi connectivity index (χ2v) is 5.06. The van der Waals surface area contributed by atoms with Crippen molar-refractivity contribution in [2.45, 2.75) is 32.7 Å². The molecule has 1 aromatic carbocycles. The second-order valence-electron chi connectivity index (χ2n) is 5.06. The van der Waals surface area contributed by atoms with Crippen molar-refractivity contribution in [2.75, 3.05) is 25.1 Å². The lowest BCUT2D eigenvalue weighted by molar-refractivity contribution is 0.340. The van der Waals surface area contributed by atoms with Crippen LogP contribution in [0.15, 0.2) is 24.3 Å². The number of hydrogen-bond acceptors (Lipinski definition) is 3. The molecule has 0 aliphatic carbocycles. The minimum Gasteiger partial charge on any atom is -0.492 e. The summed E-state index contributed by atoms with van der Waals surface area (Å²) in [5.41, 5.74) is 6.99. The van der Waals surface area contributed by atoms with Crippen molar-refractivity contribution in [3.8, 4) is 5.75 Å². The van der Waals surface area contributed by atoms with Gasteiger partial charge in [-0.1, -0.05) is 12.1 Å². The van der Waals surface area contributed by atoms with E-state index in [1.54, 1.807) is 0 Å². The Morgan fingerprint density at radius 3 is 2.53 bits per heavy atom. The summed E-state index contributed by atoms with van der Waals surface area (Å²) in [5.74, 6) is 0.937. The summed E-state index contributed by atoms with van der Waals surface area (Å²) in [4.78, 5) is 2.19. The van der Waals surface area contributed by atoms with Crippen molar-refractivity contribution in [3.63, 3.8) is 0 Å². The Hall–Kier alpha value is -1.22. The van der Waals surface area contributed by atoms with E-state index in [4.69, 9.17) is 10.5 Å². The second kappa shape index (κ2) is 5.92. The molecule has 0 amide bonds. The molecule has 0 fully saturated rings. The number of nitrogens with zero attached hydrogens (tertiary/aromatic N) is 1. The summed E-state index contributed by atoms with van der Waals surface area (Å²) in [5, 5.41) is 0. The molecule has 0 saturated carbocycles. The summed E-state index contributed by atoms with van der Waals surface area (Å²) in [7, 11) is 2.07. The van der Waals surface area contributed by atoms with Crippen LogP contribution in [0.4, 0.5) is 5.69 Å². The minimum atomic E-state index is -0.130. The maximum Gasteiger partial charge on any atom is 0.142 e. The number of ether oxygens (including phenoxy) is 1. The van der Waals surface area contributed by atoms with Crippen molar-refractivity contribution in [1.29, 1.82) is 0 Å². The fraction of sp³-hybridized carbons (Fsp3) is 0.571. The maximum absolute atomic E-state index is 6.00. The van der Waals surface area contributed by atoms with E-state index in [0.717, 1.165) is 24.4 Å². The van der Waals surface area contributed by atoms with Gasteiger partial charge in [0.15, 0.2) is 0 Å². The number of nitrogens with two attached hydrogens (primary N) is 1. The largest absolute Gasteiger partial charge is 0.492 e. The Bertz CT molecular complexity index is 344. The molecule has 0 aromatic heterocycles. The van der Waals surface area contributed by atoms with Crippen molar-refractivity contribution >= 4 is 5.69 Å². The van der Waals surface area contributed by atoms with E-state index in [1.807, 2.05) is 25.1 Å². The van der Waals surface area contributed by atoms with Crippen LogP contribution in [0.5, 0.6) is 5.75 Å². The average molecular weight is 236 g/mol. The van der Waals surface area contributed by atoms with Crippen LogP contribution in [0.1, 0.15) is 27.2 Å². The van der Waals surface area contributed by atoms with Gasteiger partial charge in [0.25, 0.3) is 0 Å². The van der Waals surface area contributed by atoms with Gasteiger partial charge in [-0.05, 0) is 39.3 Å². The predicted molar refractivity (Wildman–Crippen MR) is 73.8 cm³/mol. The van der Waals surface area contributed by atoms with E-state index < -0.39 is 0 Å².